The van der Waals surface area contributed by atoms with Gasteiger partial charge in [0.05, 0.1) is 6.17 Å². The van der Waals surface area contributed by atoms with E-state index in [1.54, 1.807) is 0 Å². The molecule has 0 aliphatic carbocycles. The van der Waals surface area contributed by atoms with Crippen LogP contribution in [0.2, 0.25) is 0 Å². The van der Waals surface area contributed by atoms with Gasteiger partial charge in [0.1, 0.15) is 0 Å². The summed E-state index contributed by atoms with van der Waals surface area (Å²) in [5.41, 5.74) is 7.53. The molecule has 1 atom stereocenters. The average molecular weight is 117 g/mol. The molecule has 0 rings (SSSR count). The van der Waals surface area contributed by atoms with Crippen molar-refractivity contribution >= 4 is 6.72 Å². The van der Waals surface area contributed by atoms with E-state index < -0.39 is 0 Å². The molecule has 0 aromatic carbocycles. The number of rotatable bonds is 4. The number of nitrogens with zero attached hydrogens (tertiary/aromatic N) is 1. The second-order valence-corrected chi connectivity index (χ2v) is 1.30. The zero-order valence-electron chi connectivity index (χ0n) is 4.81. The van der Waals surface area contributed by atoms with Crippen molar-refractivity contribution in [3.63, 3.8) is 0 Å². The minimum absolute atomic E-state index is 0.0134. The third-order valence-corrected chi connectivity index (χ3v) is 0.610. The molecule has 0 saturated carbocycles. The SMILES string of the molecule is C=NNNC(C)NN. The van der Waals surface area contributed by atoms with Gasteiger partial charge in [-0.15, -0.1) is 0 Å². The first-order valence-electron chi connectivity index (χ1n) is 2.23. The van der Waals surface area contributed by atoms with Gasteiger partial charge in [-0.2, -0.15) is 5.10 Å². The van der Waals surface area contributed by atoms with Gasteiger partial charge in [-0.05, 0) is 6.92 Å². The quantitative estimate of drug-likeness (QED) is 0.156. The second-order valence-electron chi connectivity index (χ2n) is 1.30. The lowest BCUT2D eigenvalue weighted by Crippen LogP contribution is -2.48. The summed E-state index contributed by atoms with van der Waals surface area (Å²) in [6.45, 7) is 5.01. The first-order valence-corrected chi connectivity index (χ1v) is 2.23. The minimum atomic E-state index is -0.0134. The third-order valence-electron chi connectivity index (χ3n) is 0.610. The van der Waals surface area contributed by atoms with Crippen LogP contribution in [-0.2, 0) is 0 Å². The van der Waals surface area contributed by atoms with Crippen LogP contribution in [0.5, 0.6) is 0 Å². The van der Waals surface area contributed by atoms with Gasteiger partial charge in [-0.25, -0.2) is 16.4 Å². The fourth-order valence-electron chi connectivity index (χ4n) is 0.184. The number of hydrogen-bond acceptors (Lipinski definition) is 5. The summed E-state index contributed by atoms with van der Waals surface area (Å²) in [5.74, 6) is 5.00. The monoisotopic (exact) mass is 117 g/mol. The molecule has 0 fully saturated rings. The van der Waals surface area contributed by atoms with Gasteiger partial charge >= 0.3 is 0 Å². The van der Waals surface area contributed by atoms with Gasteiger partial charge in [0.25, 0.3) is 0 Å². The highest BCUT2D eigenvalue weighted by Gasteiger charge is 1.89. The van der Waals surface area contributed by atoms with E-state index in [0.717, 1.165) is 0 Å². The van der Waals surface area contributed by atoms with Crippen molar-refractivity contribution in [2.24, 2.45) is 10.9 Å². The van der Waals surface area contributed by atoms with Crippen molar-refractivity contribution in [2.75, 3.05) is 0 Å². The van der Waals surface area contributed by atoms with Crippen LogP contribution in [-0.4, -0.2) is 12.9 Å². The van der Waals surface area contributed by atoms with Gasteiger partial charge in [0.15, 0.2) is 0 Å². The normalized spacial score (nSPS) is 12.8. The Kier molecular flexibility index (Phi) is 4.14. The van der Waals surface area contributed by atoms with Crippen LogP contribution in [0, 0.1) is 0 Å². The molecule has 0 saturated heterocycles. The van der Waals surface area contributed by atoms with Crippen LogP contribution in [0.15, 0.2) is 5.10 Å². The minimum Gasteiger partial charge on any atom is -0.270 e. The lowest BCUT2D eigenvalue weighted by Gasteiger charge is -2.09. The second kappa shape index (κ2) is 4.51. The van der Waals surface area contributed by atoms with Gasteiger partial charge in [-0.3, -0.25) is 5.84 Å². The molecule has 48 valence electrons. The lowest BCUT2D eigenvalue weighted by molar-refractivity contribution is 0.406. The summed E-state index contributed by atoms with van der Waals surface area (Å²) in [6, 6.07) is 0. The first-order chi connectivity index (χ1) is 3.81. The van der Waals surface area contributed by atoms with Crippen molar-refractivity contribution < 1.29 is 0 Å². The Bertz CT molecular complexity index is 62.7. The molecule has 0 spiro atoms. The third kappa shape index (κ3) is 3.54. The number of hydrogen-bond donors (Lipinski definition) is 4. The largest absolute Gasteiger partial charge is 0.270 e. The summed E-state index contributed by atoms with van der Waals surface area (Å²) < 4.78 is 0. The summed E-state index contributed by atoms with van der Waals surface area (Å²) >= 11 is 0. The predicted molar refractivity (Wildman–Crippen MR) is 32.6 cm³/mol. The standard InChI is InChI=1S/C3H11N5/c1-3(6-4)7-8-5-2/h3,6-8H,2,4H2,1H3. The van der Waals surface area contributed by atoms with E-state index in [1.807, 2.05) is 6.92 Å². The van der Waals surface area contributed by atoms with Crippen molar-refractivity contribution in [1.29, 1.82) is 0 Å². The molecule has 5 N–H and O–H groups in total. The molecule has 0 aliphatic rings. The van der Waals surface area contributed by atoms with Crippen LogP contribution in [0.1, 0.15) is 6.92 Å². The molecule has 0 aromatic rings. The van der Waals surface area contributed by atoms with Gasteiger partial charge in [0, 0.05) is 6.72 Å². The Morgan fingerprint density at radius 1 is 1.75 bits per heavy atom. The van der Waals surface area contributed by atoms with E-state index in [4.69, 9.17) is 5.84 Å². The zero-order valence-corrected chi connectivity index (χ0v) is 4.81. The molecule has 0 bridgehead atoms. The highest BCUT2D eigenvalue weighted by Crippen LogP contribution is 1.61. The molecular weight excluding hydrogens is 106 g/mol. The topological polar surface area (TPSA) is 74.5 Å². The van der Waals surface area contributed by atoms with E-state index in [0.29, 0.717) is 0 Å². The van der Waals surface area contributed by atoms with E-state index >= 15 is 0 Å². The average Bonchev–Trinajstić information content (AvgIpc) is 1.83. The summed E-state index contributed by atoms with van der Waals surface area (Å²) in [6.07, 6.45) is -0.0134. The molecule has 0 heterocycles. The highest BCUT2D eigenvalue weighted by atomic mass is 15.6. The predicted octanol–water partition coefficient (Wildman–Crippen LogP) is -1.49. The van der Waals surface area contributed by atoms with Crippen LogP contribution >= 0.6 is 0 Å². The fraction of sp³-hybridized carbons (Fsp3) is 0.667. The fourth-order valence-corrected chi connectivity index (χ4v) is 0.184. The Hall–Kier alpha value is -0.650. The Labute approximate surface area is 48.3 Å². The molecule has 0 aliphatic heterocycles. The molecule has 1 unspecified atom stereocenters. The van der Waals surface area contributed by atoms with Crippen molar-refractivity contribution in [3.05, 3.63) is 0 Å². The van der Waals surface area contributed by atoms with Crippen LogP contribution in [0.4, 0.5) is 0 Å². The van der Waals surface area contributed by atoms with Crippen LogP contribution in [0.25, 0.3) is 0 Å². The summed E-state index contributed by atoms with van der Waals surface area (Å²) in [4.78, 5) is 0. The zero-order chi connectivity index (χ0) is 6.41. The molecular formula is C3H11N5. The molecule has 8 heavy (non-hydrogen) atoms. The van der Waals surface area contributed by atoms with E-state index in [2.05, 4.69) is 28.2 Å². The first kappa shape index (κ1) is 7.35. The van der Waals surface area contributed by atoms with Gasteiger partial charge in [-0.1, -0.05) is 0 Å². The number of hydrazine groups is 2. The lowest BCUT2D eigenvalue weighted by atomic mass is 10.6. The Balaban J connectivity index is 2.97. The maximum absolute atomic E-state index is 5.00. The maximum atomic E-state index is 5.00. The molecule has 5 nitrogen and oxygen atoms in total. The smallest absolute Gasteiger partial charge is 0.0862 e. The van der Waals surface area contributed by atoms with E-state index in [-0.39, 0.29) is 6.17 Å². The van der Waals surface area contributed by atoms with Gasteiger partial charge in [0.2, 0.25) is 0 Å². The van der Waals surface area contributed by atoms with Crippen LogP contribution in [0.3, 0.4) is 0 Å². The highest BCUT2D eigenvalue weighted by molar-refractivity contribution is 5.22. The molecule has 0 amide bonds. The van der Waals surface area contributed by atoms with Gasteiger partial charge < -0.3 is 0 Å². The molecule has 0 aromatic heterocycles. The number of nitrogens with two attached hydrogens (primary N) is 1. The van der Waals surface area contributed by atoms with Crippen molar-refractivity contribution in [1.82, 2.24) is 16.4 Å². The Morgan fingerprint density at radius 2 is 2.38 bits per heavy atom. The summed E-state index contributed by atoms with van der Waals surface area (Å²) in [7, 11) is 0. The molecule has 0 radical (unpaired) electrons. The van der Waals surface area contributed by atoms with E-state index in [9.17, 15) is 0 Å². The van der Waals surface area contributed by atoms with Crippen molar-refractivity contribution in [3.8, 4) is 0 Å². The summed E-state index contributed by atoms with van der Waals surface area (Å²) in [5, 5.41) is 3.32. The van der Waals surface area contributed by atoms with Crippen molar-refractivity contribution in [2.45, 2.75) is 13.1 Å². The van der Waals surface area contributed by atoms with E-state index in [1.165, 1.54) is 0 Å². The Morgan fingerprint density at radius 3 is 2.75 bits per heavy atom. The number of hydrazone groups is 1. The maximum Gasteiger partial charge on any atom is 0.0862 e. The molecule has 5 heteroatoms. The van der Waals surface area contributed by atoms with Crippen LogP contribution < -0.4 is 22.2 Å². The number of nitrogens with one attached hydrogen (secondary N) is 3.